The maximum atomic E-state index is 13.0. The van der Waals surface area contributed by atoms with Gasteiger partial charge in [0, 0.05) is 18.7 Å². The first-order valence-corrected chi connectivity index (χ1v) is 10.1. The molecule has 2 aromatic rings. The molecule has 3 heterocycles. The quantitative estimate of drug-likeness (QED) is 0.721. The number of methoxy groups -OCH3 is 1. The highest BCUT2D eigenvalue weighted by Crippen LogP contribution is 2.51. The predicted octanol–water partition coefficient (Wildman–Crippen LogP) is 2.73. The Morgan fingerprint density at radius 2 is 2.17 bits per heavy atom. The number of fused-ring (bicyclic) bond motifs is 2. The van der Waals surface area contributed by atoms with Crippen LogP contribution in [0.1, 0.15) is 42.5 Å². The van der Waals surface area contributed by atoms with Crippen molar-refractivity contribution >= 4 is 12.2 Å². The van der Waals surface area contributed by atoms with Crippen molar-refractivity contribution < 1.29 is 19.3 Å². The van der Waals surface area contributed by atoms with Crippen LogP contribution in [0.25, 0.3) is 0 Å². The molecule has 0 amide bonds. The molecule has 9 heteroatoms. The molecule has 0 fully saturated rings. The molecule has 2 aliphatic rings. The van der Waals surface area contributed by atoms with Gasteiger partial charge in [-0.25, -0.2) is 0 Å². The minimum atomic E-state index is -0.504. The number of aromatic nitrogens is 2. The van der Waals surface area contributed by atoms with Gasteiger partial charge in [0.15, 0.2) is 16.3 Å². The van der Waals surface area contributed by atoms with Gasteiger partial charge in [-0.15, -0.1) is 0 Å². The molecule has 29 heavy (non-hydrogen) atoms. The number of nitrogens with zero attached hydrogens (tertiary/aromatic N) is 2. The lowest BCUT2D eigenvalue weighted by molar-refractivity contribution is 0.170. The van der Waals surface area contributed by atoms with E-state index in [-0.39, 0.29) is 23.0 Å². The van der Waals surface area contributed by atoms with Gasteiger partial charge in [0.2, 0.25) is 18.4 Å². The molecule has 8 nitrogen and oxygen atoms in total. The molecular formula is C20H25N3O5S. The number of benzene rings is 1. The highest BCUT2D eigenvalue weighted by atomic mass is 32.1. The Balaban J connectivity index is 1.96. The molecule has 2 N–H and O–H groups in total. The summed E-state index contributed by atoms with van der Waals surface area (Å²) in [5, 5.41) is 11.1. The van der Waals surface area contributed by atoms with Crippen LogP contribution in [-0.4, -0.2) is 47.1 Å². The van der Waals surface area contributed by atoms with Crippen molar-refractivity contribution in [3.8, 4) is 23.1 Å². The molecule has 0 bridgehead atoms. The van der Waals surface area contributed by atoms with Crippen molar-refractivity contribution in [3.63, 3.8) is 0 Å². The highest BCUT2D eigenvalue weighted by molar-refractivity contribution is 7.71. The van der Waals surface area contributed by atoms with Gasteiger partial charge in [-0.2, -0.15) is 0 Å². The summed E-state index contributed by atoms with van der Waals surface area (Å²) >= 11 is 5.29. The summed E-state index contributed by atoms with van der Waals surface area (Å²) < 4.78 is 18.7. The second kappa shape index (κ2) is 7.72. The SMILES string of the molecule is CCCCn1c(O)c([C@@H]2c3c(cc4c(c3OC)OCO4)CCN2C)c(=O)[nH]c1=S. The van der Waals surface area contributed by atoms with E-state index in [0.29, 0.717) is 30.3 Å². The maximum Gasteiger partial charge on any atom is 0.260 e. The Morgan fingerprint density at radius 1 is 1.38 bits per heavy atom. The molecule has 1 atom stereocenters. The van der Waals surface area contributed by atoms with Crippen molar-refractivity contribution in [2.24, 2.45) is 0 Å². The van der Waals surface area contributed by atoms with Crippen LogP contribution >= 0.6 is 12.2 Å². The molecule has 0 unspecified atom stereocenters. The topological polar surface area (TPSA) is 89.0 Å². The fourth-order valence-electron chi connectivity index (χ4n) is 4.14. The molecule has 0 spiro atoms. The van der Waals surface area contributed by atoms with Gasteiger partial charge in [0.25, 0.3) is 5.56 Å². The van der Waals surface area contributed by atoms with Crippen molar-refractivity contribution in [3.05, 3.63) is 37.9 Å². The van der Waals surface area contributed by atoms with E-state index in [9.17, 15) is 9.90 Å². The highest BCUT2D eigenvalue weighted by Gasteiger charge is 2.38. The minimum Gasteiger partial charge on any atom is -0.494 e. The van der Waals surface area contributed by atoms with Gasteiger partial charge in [-0.05, 0) is 43.7 Å². The first kappa shape index (κ1) is 19.8. The van der Waals surface area contributed by atoms with Crippen molar-refractivity contribution in [1.82, 2.24) is 14.5 Å². The summed E-state index contributed by atoms with van der Waals surface area (Å²) in [5.74, 6) is 1.60. The third-order valence-corrected chi connectivity index (χ3v) is 5.93. The Morgan fingerprint density at radius 3 is 2.90 bits per heavy atom. The normalized spacial score (nSPS) is 18.0. The zero-order valence-corrected chi connectivity index (χ0v) is 17.6. The molecule has 0 saturated carbocycles. The number of ether oxygens (including phenoxy) is 3. The predicted molar refractivity (Wildman–Crippen MR) is 110 cm³/mol. The van der Waals surface area contributed by atoms with Crippen LogP contribution in [0.5, 0.6) is 23.1 Å². The summed E-state index contributed by atoms with van der Waals surface area (Å²) in [5.41, 5.74) is 1.68. The van der Waals surface area contributed by atoms with Crippen LogP contribution in [0.2, 0.25) is 0 Å². The first-order valence-electron chi connectivity index (χ1n) is 9.73. The van der Waals surface area contributed by atoms with E-state index in [1.54, 1.807) is 11.7 Å². The average Bonchev–Trinajstić information content (AvgIpc) is 3.16. The lowest BCUT2D eigenvalue weighted by Crippen LogP contribution is -2.37. The summed E-state index contributed by atoms with van der Waals surface area (Å²) in [6.07, 6.45) is 2.55. The molecule has 1 aromatic heterocycles. The third-order valence-electron chi connectivity index (χ3n) is 5.61. The Bertz CT molecular complexity index is 1060. The smallest absolute Gasteiger partial charge is 0.260 e. The van der Waals surface area contributed by atoms with Crippen LogP contribution in [0.15, 0.2) is 10.9 Å². The number of likely N-dealkylation sites (N-methyl/N-ethyl adjacent to an activating group) is 1. The fourth-order valence-corrected chi connectivity index (χ4v) is 4.41. The Hall–Kier alpha value is -2.52. The van der Waals surface area contributed by atoms with Crippen molar-refractivity contribution in [2.75, 3.05) is 27.5 Å². The maximum absolute atomic E-state index is 13.0. The average molecular weight is 420 g/mol. The standard InChI is InChI=1S/C20H25N3O5S/c1-4-5-7-23-19(25)14(18(24)21-20(23)29)15-13-11(6-8-22(15)2)9-12-16(17(13)26-3)28-10-27-12/h9,15,25H,4-8,10H2,1-3H3,(H,21,24,29)/t15-/m0/s1. The zero-order chi connectivity index (χ0) is 20.7. The summed E-state index contributed by atoms with van der Waals surface area (Å²) in [6, 6.07) is 1.44. The van der Waals surface area contributed by atoms with Crippen LogP contribution in [-0.2, 0) is 13.0 Å². The summed E-state index contributed by atoms with van der Waals surface area (Å²) in [6.45, 7) is 3.44. The number of hydrogen-bond acceptors (Lipinski definition) is 7. The van der Waals surface area contributed by atoms with E-state index in [0.717, 1.165) is 30.4 Å². The number of rotatable bonds is 5. The molecule has 2 aliphatic heterocycles. The summed E-state index contributed by atoms with van der Waals surface area (Å²) in [4.78, 5) is 17.7. The van der Waals surface area contributed by atoms with Gasteiger partial charge in [-0.1, -0.05) is 13.3 Å². The Kier molecular flexibility index (Phi) is 5.26. The number of aromatic hydroxyl groups is 1. The van der Waals surface area contributed by atoms with E-state index in [2.05, 4.69) is 11.9 Å². The lowest BCUT2D eigenvalue weighted by Gasteiger charge is -2.36. The molecular weight excluding hydrogens is 394 g/mol. The second-order valence-corrected chi connectivity index (χ2v) is 7.74. The number of H-pyrrole nitrogens is 1. The van der Waals surface area contributed by atoms with E-state index in [1.807, 2.05) is 18.0 Å². The minimum absolute atomic E-state index is 0.100. The fraction of sp³-hybridized carbons (Fsp3) is 0.500. The summed E-state index contributed by atoms with van der Waals surface area (Å²) in [7, 11) is 3.50. The Labute approximate surface area is 173 Å². The number of hydrogen-bond donors (Lipinski definition) is 2. The van der Waals surface area contributed by atoms with Gasteiger partial charge in [0.1, 0.15) is 0 Å². The van der Waals surface area contributed by atoms with Crippen molar-refractivity contribution in [1.29, 1.82) is 0 Å². The number of aromatic amines is 1. The lowest BCUT2D eigenvalue weighted by atomic mass is 9.87. The van der Waals surface area contributed by atoms with Crippen LogP contribution in [0.3, 0.4) is 0 Å². The first-order chi connectivity index (χ1) is 14.0. The van der Waals surface area contributed by atoms with Crippen LogP contribution in [0, 0.1) is 4.77 Å². The van der Waals surface area contributed by atoms with Gasteiger partial charge < -0.3 is 19.3 Å². The van der Waals surface area contributed by atoms with Gasteiger partial charge >= 0.3 is 0 Å². The second-order valence-electron chi connectivity index (χ2n) is 7.35. The van der Waals surface area contributed by atoms with Gasteiger partial charge in [-0.3, -0.25) is 19.2 Å². The number of nitrogens with one attached hydrogen (secondary N) is 1. The third kappa shape index (κ3) is 3.18. The number of unbranched alkanes of at least 4 members (excludes halogenated alkanes) is 1. The molecule has 156 valence electrons. The molecule has 1 aromatic carbocycles. The van der Waals surface area contributed by atoms with E-state index in [4.69, 9.17) is 26.4 Å². The van der Waals surface area contributed by atoms with Crippen LogP contribution < -0.4 is 19.8 Å². The molecule has 4 rings (SSSR count). The molecule has 0 aliphatic carbocycles. The van der Waals surface area contributed by atoms with Gasteiger partial charge in [0.05, 0.1) is 18.7 Å². The monoisotopic (exact) mass is 419 g/mol. The van der Waals surface area contributed by atoms with Crippen LogP contribution in [0.4, 0.5) is 0 Å². The van der Waals surface area contributed by atoms with E-state index >= 15 is 0 Å². The molecule has 0 radical (unpaired) electrons. The molecule has 0 saturated heterocycles. The largest absolute Gasteiger partial charge is 0.494 e. The zero-order valence-electron chi connectivity index (χ0n) is 16.8. The van der Waals surface area contributed by atoms with E-state index < -0.39 is 11.6 Å². The van der Waals surface area contributed by atoms with Crippen molar-refractivity contribution in [2.45, 2.75) is 38.8 Å². The van der Waals surface area contributed by atoms with E-state index in [1.165, 1.54) is 0 Å².